The minimum atomic E-state index is -0.341. The van der Waals surface area contributed by atoms with Gasteiger partial charge in [-0.2, -0.15) is 0 Å². The maximum absolute atomic E-state index is 13.4. The molecule has 0 aromatic heterocycles. The van der Waals surface area contributed by atoms with Gasteiger partial charge >= 0.3 is 0 Å². The first-order valence-electron chi connectivity index (χ1n) is 6.46. The third-order valence-corrected chi connectivity index (χ3v) is 3.89. The summed E-state index contributed by atoms with van der Waals surface area (Å²) in [5.74, 6) is 0.149. The second kappa shape index (κ2) is 6.50. The smallest absolute Gasteiger partial charge is 0.142 e. The van der Waals surface area contributed by atoms with E-state index >= 15 is 0 Å². The molecule has 18 heavy (non-hydrogen) atoms. The Morgan fingerprint density at radius 2 is 2.39 bits per heavy atom. The zero-order chi connectivity index (χ0) is 13.0. The molecule has 2 rings (SSSR count). The van der Waals surface area contributed by atoms with E-state index in [1.165, 1.54) is 6.07 Å². The second-order valence-electron chi connectivity index (χ2n) is 4.70. The van der Waals surface area contributed by atoms with Gasteiger partial charge in [0.05, 0.1) is 11.6 Å². The van der Waals surface area contributed by atoms with Crippen molar-refractivity contribution in [2.45, 2.75) is 25.8 Å². The van der Waals surface area contributed by atoms with E-state index in [0.29, 0.717) is 12.0 Å². The molecule has 1 saturated heterocycles. The molecular weight excluding hydrogens is 253 g/mol. The van der Waals surface area contributed by atoms with Crippen LogP contribution < -0.4 is 5.32 Å². The number of hydrogen-bond donors (Lipinski definition) is 1. The zero-order valence-corrected chi connectivity index (χ0v) is 11.3. The monoisotopic (exact) mass is 271 g/mol. The van der Waals surface area contributed by atoms with Gasteiger partial charge in [-0.15, -0.1) is 0 Å². The van der Waals surface area contributed by atoms with E-state index in [1.54, 1.807) is 6.07 Å². The molecule has 0 saturated carbocycles. The van der Waals surface area contributed by atoms with Crippen LogP contribution in [0.4, 0.5) is 4.39 Å². The third-order valence-electron chi connectivity index (χ3n) is 3.47. The van der Waals surface area contributed by atoms with Gasteiger partial charge in [-0.25, -0.2) is 4.39 Å². The summed E-state index contributed by atoms with van der Waals surface area (Å²) in [7, 11) is 0. The standard InChI is InChI=1S/C14H19ClFNO/c1-2-17-13(11-6-7-18-9-11)8-10-4-3-5-12(16)14(10)15/h3-5,11,13,17H,2,6-9H2,1H3. The number of nitrogens with one attached hydrogen (secondary N) is 1. The predicted octanol–water partition coefficient (Wildman–Crippen LogP) is 3.04. The van der Waals surface area contributed by atoms with Crippen molar-refractivity contribution in [3.63, 3.8) is 0 Å². The number of ether oxygens (including phenoxy) is 1. The lowest BCUT2D eigenvalue weighted by atomic mass is 9.92. The summed E-state index contributed by atoms with van der Waals surface area (Å²) >= 11 is 6.01. The molecular formula is C14H19ClFNO. The number of rotatable bonds is 5. The largest absolute Gasteiger partial charge is 0.381 e. The van der Waals surface area contributed by atoms with Crippen molar-refractivity contribution in [3.05, 3.63) is 34.6 Å². The molecule has 0 bridgehead atoms. The Morgan fingerprint density at radius 3 is 3.06 bits per heavy atom. The van der Waals surface area contributed by atoms with Crippen LogP contribution >= 0.6 is 11.6 Å². The normalized spacial score (nSPS) is 21.2. The van der Waals surface area contributed by atoms with E-state index in [2.05, 4.69) is 12.2 Å². The van der Waals surface area contributed by atoms with Gasteiger partial charge in [0.25, 0.3) is 0 Å². The molecule has 1 fully saturated rings. The van der Waals surface area contributed by atoms with Crippen molar-refractivity contribution in [2.75, 3.05) is 19.8 Å². The maximum Gasteiger partial charge on any atom is 0.142 e. The van der Waals surface area contributed by atoms with Gasteiger partial charge in [-0.05, 0) is 31.0 Å². The molecule has 100 valence electrons. The van der Waals surface area contributed by atoms with Crippen molar-refractivity contribution in [1.29, 1.82) is 0 Å². The first kappa shape index (κ1) is 13.8. The minimum Gasteiger partial charge on any atom is -0.381 e. The molecule has 0 spiro atoms. The fraction of sp³-hybridized carbons (Fsp3) is 0.571. The van der Waals surface area contributed by atoms with Gasteiger partial charge in [0.2, 0.25) is 0 Å². The molecule has 1 N–H and O–H groups in total. The van der Waals surface area contributed by atoms with E-state index in [1.807, 2.05) is 6.07 Å². The molecule has 0 amide bonds. The van der Waals surface area contributed by atoms with Crippen LogP contribution in [0.15, 0.2) is 18.2 Å². The molecule has 2 atom stereocenters. The fourth-order valence-corrected chi connectivity index (χ4v) is 2.68. The second-order valence-corrected chi connectivity index (χ2v) is 5.08. The highest BCUT2D eigenvalue weighted by molar-refractivity contribution is 6.31. The molecule has 1 aromatic carbocycles. The predicted molar refractivity (Wildman–Crippen MR) is 71.5 cm³/mol. The molecule has 4 heteroatoms. The Morgan fingerprint density at radius 1 is 1.56 bits per heavy atom. The van der Waals surface area contributed by atoms with Gasteiger partial charge < -0.3 is 10.1 Å². The van der Waals surface area contributed by atoms with E-state index < -0.39 is 0 Å². The van der Waals surface area contributed by atoms with Crippen LogP contribution in [-0.2, 0) is 11.2 Å². The lowest BCUT2D eigenvalue weighted by Crippen LogP contribution is -2.38. The summed E-state index contributed by atoms with van der Waals surface area (Å²) in [4.78, 5) is 0. The molecule has 1 heterocycles. The third kappa shape index (κ3) is 3.22. The van der Waals surface area contributed by atoms with E-state index in [-0.39, 0.29) is 10.8 Å². The number of hydrogen-bond acceptors (Lipinski definition) is 2. The summed E-state index contributed by atoms with van der Waals surface area (Å²) in [5, 5.41) is 3.71. The Labute approximate surface area is 112 Å². The SMILES string of the molecule is CCNC(Cc1cccc(F)c1Cl)C1CCOC1. The summed E-state index contributed by atoms with van der Waals surface area (Å²) in [6.45, 7) is 4.58. The van der Waals surface area contributed by atoms with Crippen LogP contribution in [0.5, 0.6) is 0 Å². The molecule has 0 aliphatic carbocycles. The average Bonchev–Trinajstić information content (AvgIpc) is 2.88. The molecule has 2 unspecified atom stereocenters. The maximum atomic E-state index is 13.4. The first-order valence-corrected chi connectivity index (χ1v) is 6.84. The Balaban J connectivity index is 2.10. The van der Waals surface area contributed by atoms with Crippen molar-refractivity contribution in [3.8, 4) is 0 Å². The van der Waals surface area contributed by atoms with Gasteiger partial charge in [-0.3, -0.25) is 0 Å². The van der Waals surface area contributed by atoms with E-state index in [0.717, 1.165) is 38.2 Å². The highest BCUT2D eigenvalue weighted by Gasteiger charge is 2.26. The summed E-state index contributed by atoms with van der Waals surface area (Å²) in [6.07, 6.45) is 1.81. The van der Waals surface area contributed by atoms with Crippen LogP contribution in [-0.4, -0.2) is 25.8 Å². The molecule has 1 aliphatic heterocycles. The van der Waals surface area contributed by atoms with Gasteiger partial charge in [0.15, 0.2) is 0 Å². The van der Waals surface area contributed by atoms with Crippen molar-refractivity contribution in [2.24, 2.45) is 5.92 Å². The highest BCUT2D eigenvalue weighted by Crippen LogP contribution is 2.25. The van der Waals surface area contributed by atoms with Crippen LogP contribution in [0.3, 0.4) is 0 Å². The number of benzene rings is 1. The zero-order valence-electron chi connectivity index (χ0n) is 10.6. The summed E-state index contributed by atoms with van der Waals surface area (Å²) in [6, 6.07) is 5.31. The van der Waals surface area contributed by atoms with E-state index in [9.17, 15) is 4.39 Å². The Hall–Kier alpha value is -0.640. The van der Waals surface area contributed by atoms with Crippen LogP contribution in [0, 0.1) is 11.7 Å². The Kier molecular flexibility index (Phi) is 4.98. The van der Waals surface area contributed by atoms with E-state index in [4.69, 9.17) is 16.3 Å². The number of halogens is 2. The quantitative estimate of drug-likeness (QED) is 0.889. The topological polar surface area (TPSA) is 21.3 Å². The Bertz CT molecular complexity index is 393. The van der Waals surface area contributed by atoms with Crippen LogP contribution in [0.25, 0.3) is 0 Å². The van der Waals surface area contributed by atoms with Crippen molar-refractivity contribution >= 4 is 11.6 Å². The summed E-state index contributed by atoms with van der Waals surface area (Å²) < 4.78 is 18.8. The lowest BCUT2D eigenvalue weighted by molar-refractivity contribution is 0.176. The lowest BCUT2D eigenvalue weighted by Gasteiger charge is -2.23. The average molecular weight is 272 g/mol. The van der Waals surface area contributed by atoms with Crippen LogP contribution in [0.1, 0.15) is 18.9 Å². The molecule has 2 nitrogen and oxygen atoms in total. The minimum absolute atomic E-state index is 0.249. The molecule has 1 aromatic rings. The number of likely N-dealkylation sites (N-methyl/N-ethyl adjacent to an activating group) is 1. The summed E-state index contributed by atoms with van der Waals surface area (Å²) in [5.41, 5.74) is 0.870. The van der Waals surface area contributed by atoms with Gasteiger partial charge in [-0.1, -0.05) is 30.7 Å². The molecule has 0 radical (unpaired) electrons. The van der Waals surface area contributed by atoms with Gasteiger partial charge in [0.1, 0.15) is 5.82 Å². The first-order chi connectivity index (χ1) is 8.72. The highest BCUT2D eigenvalue weighted by atomic mass is 35.5. The fourth-order valence-electron chi connectivity index (χ4n) is 2.48. The van der Waals surface area contributed by atoms with Gasteiger partial charge in [0, 0.05) is 18.6 Å². The van der Waals surface area contributed by atoms with Crippen molar-refractivity contribution in [1.82, 2.24) is 5.32 Å². The van der Waals surface area contributed by atoms with Crippen molar-refractivity contribution < 1.29 is 9.13 Å². The molecule has 1 aliphatic rings. The van der Waals surface area contributed by atoms with Crippen LogP contribution in [0.2, 0.25) is 5.02 Å².